The van der Waals surface area contributed by atoms with Crippen LogP contribution in [0.25, 0.3) is 0 Å². The minimum Gasteiger partial charge on any atom is -0.406 e. The monoisotopic (exact) mass is 346 g/mol. The molecule has 0 spiro atoms. The predicted molar refractivity (Wildman–Crippen MR) is 77.0 cm³/mol. The van der Waals surface area contributed by atoms with Crippen molar-refractivity contribution >= 4 is 11.8 Å². The van der Waals surface area contributed by atoms with Gasteiger partial charge < -0.3 is 20.1 Å². The number of rotatable bonds is 5. The lowest BCUT2D eigenvalue weighted by Crippen LogP contribution is -2.50. The smallest absolute Gasteiger partial charge is 0.406 e. The Kier molecular flexibility index (Phi) is 5.66. The van der Waals surface area contributed by atoms with Crippen LogP contribution in [0.4, 0.5) is 13.2 Å². The van der Waals surface area contributed by atoms with Crippen molar-refractivity contribution in [1.82, 2.24) is 4.90 Å². The maximum Gasteiger partial charge on any atom is 0.573 e. The third-order valence-corrected chi connectivity index (χ3v) is 3.54. The number of carbonyl (C=O) groups excluding carboxylic acids is 2. The van der Waals surface area contributed by atoms with Gasteiger partial charge in [-0.25, -0.2) is 0 Å². The summed E-state index contributed by atoms with van der Waals surface area (Å²) in [5.41, 5.74) is 5.43. The molecular weight excluding hydrogens is 329 g/mol. The number of nitrogens with two attached hydrogens (primary N) is 1. The minimum absolute atomic E-state index is 0.0102. The van der Waals surface area contributed by atoms with E-state index in [1.807, 2.05) is 0 Å². The first-order chi connectivity index (χ1) is 11.3. The van der Waals surface area contributed by atoms with E-state index >= 15 is 0 Å². The van der Waals surface area contributed by atoms with Gasteiger partial charge in [0.25, 0.3) is 0 Å². The number of morpholine rings is 1. The Morgan fingerprint density at radius 1 is 1.33 bits per heavy atom. The van der Waals surface area contributed by atoms with Crippen LogP contribution >= 0.6 is 0 Å². The van der Waals surface area contributed by atoms with Crippen molar-refractivity contribution < 1.29 is 32.2 Å². The molecule has 1 aromatic rings. The van der Waals surface area contributed by atoms with Crippen molar-refractivity contribution in [3.8, 4) is 5.75 Å². The fourth-order valence-electron chi connectivity index (χ4n) is 2.38. The van der Waals surface area contributed by atoms with Gasteiger partial charge in [0.05, 0.1) is 13.2 Å². The molecule has 0 aromatic heterocycles. The lowest BCUT2D eigenvalue weighted by atomic mass is 10.1. The van der Waals surface area contributed by atoms with E-state index in [1.54, 1.807) is 6.07 Å². The van der Waals surface area contributed by atoms with Gasteiger partial charge in [-0.05, 0) is 18.1 Å². The van der Waals surface area contributed by atoms with Gasteiger partial charge in [0.1, 0.15) is 5.75 Å². The highest BCUT2D eigenvalue weighted by molar-refractivity contribution is 5.81. The van der Waals surface area contributed by atoms with Gasteiger partial charge in [0.15, 0.2) is 6.10 Å². The van der Waals surface area contributed by atoms with Gasteiger partial charge in [-0.2, -0.15) is 0 Å². The molecule has 1 heterocycles. The molecule has 2 amide bonds. The number of hydrogen-bond donors (Lipinski definition) is 1. The summed E-state index contributed by atoms with van der Waals surface area (Å²) in [6.07, 6.45) is -5.57. The molecule has 9 heteroatoms. The van der Waals surface area contributed by atoms with Crippen LogP contribution < -0.4 is 10.5 Å². The molecular formula is C15H17F3N2O4. The molecule has 0 saturated carbocycles. The van der Waals surface area contributed by atoms with E-state index in [9.17, 15) is 22.8 Å². The van der Waals surface area contributed by atoms with E-state index in [0.29, 0.717) is 6.54 Å². The average Bonchev–Trinajstić information content (AvgIpc) is 2.52. The van der Waals surface area contributed by atoms with E-state index in [2.05, 4.69) is 4.74 Å². The Morgan fingerprint density at radius 3 is 2.71 bits per heavy atom. The van der Waals surface area contributed by atoms with Crippen molar-refractivity contribution in [1.29, 1.82) is 0 Å². The number of aryl methyl sites for hydroxylation is 1. The fraction of sp³-hybridized carbons (Fsp3) is 0.467. The zero-order chi connectivity index (χ0) is 17.7. The maximum atomic E-state index is 12.4. The first-order valence-corrected chi connectivity index (χ1v) is 7.28. The summed E-state index contributed by atoms with van der Waals surface area (Å²) < 4.78 is 46.2. The highest BCUT2D eigenvalue weighted by Gasteiger charge is 2.32. The summed E-state index contributed by atoms with van der Waals surface area (Å²) in [6.45, 7) is 0.547. The van der Waals surface area contributed by atoms with Crippen LogP contribution in [-0.4, -0.2) is 48.9 Å². The zero-order valence-corrected chi connectivity index (χ0v) is 12.7. The molecule has 1 aromatic carbocycles. The second-order valence-electron chi connectivity index (χ2n) is 5.26. The maximum absolute atomic E-state index is 12.4. The van der Waals surface area contributed by atoms with Crippen LogP contribution in [-0.2, 0) is 20.7 Å². The molecule has 0 bridgehead atoms. The molecule has 1 aliphatic rings. The lowest BCUT2D eigenvalue weighted by Gasteiger charge is -2.31. The molecule has 1 aliphatic heterocycles. The van der Waals surface area contributed by atoms with Crippen LogP contribution in [0.15, 0.2) is 24.3 Å². The topological polar surface area (TPSA) is 81.9 Å². The van der Waals surface area contributed by atoms with Crippen molar-refractivity contribution in [2.24, 2.45) is 5.73 Å². The normalized spacial score (nSPS) is 18.3. The quantitative estimate of drug-likeness (QED) is 0.869. The van der Waals surface area contributed by atoms with Crippen LogP contribution in [0.2, 0.25) is 0 Å². The van der Waals surface area contributed by atoms with Gasteiger partial charge >= 0.3 is 6.36 Å². The summed E-state index contributed by atoms with van der Waals surface area (Å²) in [7, 11) is 0. The first kappa shape index (κ1) is 18.1. The number of halogens is 3. The number of amides is 2. The second-order valence-corrected chi connectivity index (χ2v) is 5.26. The number of primary amides is 1. The molecule has 2 rings (SSSR count). The largest absolute Gasteiger partial charge is 0.573 e. The minimum atomic E-state index is -4.79. The molecule has 0 aliphatic carbocycles. The standard InChI is InChI=1S/C15H17F3N2O4/c16-15(17,18)24-11-4-2-1-3-10(11)5-6-13(21)20-7-8-23-12(9-20)14(19)22/h1-4,12H,5-9H2,(H2,19,22)/t12-/m1/s1. The van der Waals surface area contributed by atoms with Crippen LogP contribution in [0, 0.1) is 0 Å². The summed E-state index contributed by atoms with van der Waals surface area (Å²) in [6, 6.07) is 5.66. The van der Waals surface area contributed by atoms with Crippen LogP contribution in [0.5, 0.6) is 5.75 Å². The Bertz CT molecular complexity index is 607. The summed E-state index contributed by atoms with van der Waals surface area (Å²) in [5, 5.41) is 0. The van der Waals surface area contributed by atoms with Gasteiger partial charge in [0, 0.05) is 13.0 Å². The fourth-order valence-corrected chi connectivity index (χ4v) is 2.38. The number of carbonyl (C=O) groups is 2. The molecule has 2 N–H and O–H groups in total. The van der Waals surface area contributed by atoms with E-state index < -0.39 is 18.4 Å². The molecule has 0 unspecified atom stereocenters. The number of ether oxygens (including phenoxy) is 2. The summed E-state index contributed by atoms with van der Waals surface area (Å²) >= 11 is 0. The predicted octanol–water partition coefficient (Wildman–Crippen LogP) is 1.23. The summed E-state index contributed by atoms with van der Waals surface area (Å²) in [4.78, 5) is 24.7. The Morgan fingerprint density at radius 2 is 2.04 bits per heavy atom. The molecule has 132 valence electrons. The van der Waals surface area contributed by atoms with Gasteiger partial charge in [-0.15, -0.1) is 13.2 Å². The van der Waals surface area contributed by atoms with Gasteiger partial charge in [-0.1, -0.05) is 18.2 Å². The number of nitrogens with zero attached hydrogens (tertiary/aromatic N) is 1. The molecule has 1 fully saturated rings. The zero-order valence-electron chi connectivity index (χ0n) is 12.7. The van der Waals surface area contributed by atoms with Gasteiger partial charge in [-0.3, -0.25) is 9.59 Å². The lowest BCUT2D eigenvalue weighted by molar-refractivity contribution is -0.274. The Balaban J connectivity index is 1.96. The number of benzene rings is 1. The average molecular weight is 346 g/mol. The number of para-hydroxylation sites is 1. The number of hydrogen-bond acceptors (Lipinski definition) is 4. The molecule has 1 atom stereocenters. The van der Waals surface area contributed by atoms with Crippen LogP contribution in [0.1, 0.15) is 12.0 Å². The highest BCUT2D eigenvalue weighted by atomic mass is 19.4. The van der Waals surface area contributed by atoms with E-state index in [-0.39, 0.29) is 43.2 Å². The molecule has 24 heavy (non-hydrogen) atoms. The van der Waals surface area contributed by atoms with Crippen molar-refractivity contribution in [2.75, 3.05) is 19.7 Å². The third kappa shape index (κ3) is 5.12. The third-order valence-electron chi connectivity index (χ3n) is 3.54. The van der Waals surface area contributed by atoms with Crippen LogP contribution in [0.3, 0.4) is 0 Å². The van der Waals surface area contributed by atoms with Crippen molar-refractivity contribution in [2.45, 2.75) is 25.3 Å². The first-order valence-electron chi connectivity index (χ1n) is 7.28. The van der Waals surface area contributed by atoms with Gasteiger partial charge in [0.2, 0.25) is 11.8 Å². The molecule has 1 saturated heterocycles. The van der Waals surface area contributed by atoms with Crippen molar-refractivity contribution in [3.63, 3.8) is 0 Å². The second kappa shape index (κ2) is 7.52. The number of alkyl halides is 3. The van der Waals surface area contributed by atoms with E-state index in [1.165, 1.54) is 23.1 Å². The van der Waals surface area contributed by atoms with E-state index in [0.717, 1.165) is 0 Å². The highest BCUT2D eigenvalue weighted by Crippen LogP contribution is 2.27. The SMILES string of the molecule is NC(=O)[C@H]1CN(C(=O)CCc2ccccc2OC(F)(F)F)CCO1. The van der Waals surface area contributed by atoms with Crippen molar-refractivity contribution in [3.05, 3.63) is 29.8 Å². The Labute approximate surface area is 136 Å². The summed E-state index contributed by atoms with van der Waals surface area (Å²) in [5.74, 6) is -1.27. The Hall–Kier alpha value is -2.29. The molecule has 6 nitrogen and oxygen atoms in total. The van der Waals surface area contributed by atoms with E-state index in [4.69, 9.17) is 10.5 Å². The molecule has 0 radical (unpaired) electrons.